The van der Waals surface area contributed by atoms with Crippen molar-refractivity contribution in [3.8, 4) is 6.07 Å². The van der Waals surface area contributed by atoms with Gasteiger partial charge in [0.25, 0.3) is 0 Å². The number of amides is 2. The lowest BCUT2D eigenvalue weighted by atomic mass is 10.2. The van der Waals surface area contributed by atoms with Crippen LogP contribution in [0.2, 0.25) is 0 Å². The quantitative estimate of drug-likeness (QED) is 0.761. The highest BCUT2D eigenvalue weighted by Crippen LogP contribution is 2.10. The number of hydrogen-bond donors (Lipinski definition) is 2. The van der Waals surface area contributed by atoms with Crippen molar-refractivity contribution >= 4 is 23.5 Å². The van der Waals surface area contributed by atoms with Crippen LogP contribution in [-0.4, -0.2) is 34.9 Å². The van der Waals surface area contributed by atoms with Crippen LogP contribution in [-0.2, 0) is 16.1 Å². The van der Waals surface area contributed by atoms with E-state index in [1.54, 1.807) is 6.20 Å². The molecular formula is C18H20N6O2. The third-order valence-corrected chi connectivity index (χ3v) is 3.69. The number of carbonyl (C=O) groups is 2. The fourth-order valence-corrected chi connectivity index (χ4v) is 2.26. The average molecular weight is 352 g/mol. The molecule has 2 aromatic rings. The van der Waals surface area contributed by atoms with Crippen molar-refractivity contribution in [3.63, 3.8) is 0 Å². The first-order valence-corrected chi connectivity index (χ1v) is 8.22. The predicted molar refractivity (Wildman–Crippen MR) is 97.2 cm³/mol. The number of rotatable bonds is 6. The molecule has 0 bridgehead atoms. The molecule has 2 heterocycles. The molecule has 0 aliphatic heterocycles. The topological polar surface area (TPSA) is 111 Å². The van der Waals surface area contributed by atoms with E-state index in [4.69, 9.17) is 5.26 Å². The van der Waals surface area contributed by atoms with Crippen LogP contribution in [0.5, 0.6) is 0 Å². The van der Waals surface area contributed by atoms with Gasteiger partial charge in [-0.25, -0.2) is 9.97 Å². The van der Waals surface area contributed by atoms with Crippen molar-refractivity contribution in [2.24, 2.45) is 0 Å². The number of nitrogens with zero attached hydrogens (tertiary/aromatic N) is 4. The van der Waals surface area contributed by atoms with Crippen LogP contribution in [0.4, 0.5) is 11.6 Å². The van der Waals surface area contributed by atoms with Crippen molar-refractivity contribution in [2.45, 2.75) is 20.4 Å². The summed E-state index contributed by atoms with van der Waals surface area (Å²) in [6.45, 7) is 6.02. The van der Waals surface area contributed by atoms with Gasteiger partial charge in [0.15, 0.2) is 0 Å². The number of carbonyl (C=O) groups excluding carboxylic acids is 2. The molecule has 8 heteroatoms. The Balaban J connectivity index is 1.89. The summed E-state index contributed by atoms with van der Waals surface area (Å²) < 4.78 is 0. The number of nitrogens with one attached hydrogen (secondary N) is 2. The number of aromatic nitrogens is 2. The lowest BCUT2D eigenvalue weighted by Gasteiger charge is -2.19. The zero-order valence-electron chi connectivity index (χ0n) is 14.7. The second-order valence-corrected chi connectivity index (χ2v) is 5.38. The van der Waals surface area contributed by atoms with Gasteiger partial charge in [-0.15, -0.1) is 0 Å². The molecule has 2 amide bonds. The molecule has 2 rings (SSSR count). The van der Waals surface area contributed by atoms with Crippen LogP contribution < -0.4 is 15.5 Å². The molecule has 26 heavy (non-hydrogen) atoms. The highest BCUT2D eigenvalue weighted by atomic mass is 16.2. The molecule has 2 N–H and O–H groups in total. The molecule has 0 saturated carbocycles. The molecule has 2 aromatic heterocycles. The molecule has 8 nitrogen and oxygen atoms in total. The van der Waals surface area contributed by atoms with Crippen molar-refractivity contribution in [3.05, 3.63) is 47.8 Å². The fourth-order valence-electron chi connectivity index (χ4n) is 2.26. The van der Waals surface area contributed by atoms with Crippen molar-refractivity contribution in [2.75, 3.05) is 23.3 Å². The molecule has 0 radical (unpaired) electrons. The van der Waals surface area contributed by atoms with E-state index in [0.717, 1.165) is 24.5 Å². The van der Waals surface area contributed by atoms with Gasteiger partial charge in [-0.05, 0) is 37.6 Å². The summed E-state index contributed by atoms with van der Waals surface area (Å²) in [6, 6.07) is 8.57. The monoisotopic (exact) mass is 352 g/mol. The molecule has 0 aliphatic carbocycles. The van der Waals surface area contributed by atoms with E-state index in [1.807, 2.05) is 18.2 Å². The Morgan fingerprint density at radius 2 is 1.92 bits per heavy atom. The van der Waals surface area contributed by atoms with E-state index in [-0.39, 0.29) is 12.4 Å². The van der Waals surface area contributed by atoms with E-state index in [2.05, 4.69) is 39.3 Å². The third kappa shape index (κ3) is 5.01. The normalized spacial score (nSPS) is 9.88. The highest BCUT2D eigenvalue weighted by molar-refractivity contribution is 6.39. The summed E-state index contributed by atoms with van der Waals surface area (Å²) in [7, 11) is 0. The second-order valence-electron chi connectivity index (χ2n) is 5.38. The van der Waals surface area contributed by atoms with Gasteiger partial charge in [0.1, 0.15) is 11.6 Å². The van der Waals surface area contributed by atoms with Gasteiger partial charge < -0.3 is 15.5 Å². The fraction of sp³-hybridized carbons (Fsp3) is 0.278. The molecule has 0 unspecified atom stereocenters. The zero-order valence-corrected chi connectivity index (χ0v) is 14.7. The van der Waals surface area contributed by atoms with Gasteiger partial charge in [0.05, 0.1) is 11.6 Å². The second kappa shape index (κ2) is 9.13. The maximum atomic E-state index is 11.9. The minimum atomic E-state index is -0.847. The van der Waals surface area contributed by atoms with Gasteiger partial charge in [-0.1, -0.05) is 6.07 Å². The van der Waals surface area contributed by atoms with Gasteiger partial charge in [0, 0.05) is 32.0 Å². The first-order chi connectivity index (χ1) is 12.6. The van der Waals surface area contributed by atoms with Crippen LogP contribution in [0, 0.1) is 11.3 Å². The number of anilines is 2. The van der Waals surface area contributed by atoms with Gasteiger partial charge in [0.2, 0.25) is 0 Å². The lowest BCUT2D eigenvalue weighted by Crippen LogP contribution is -2.35. The third-order valence-electron chi connectivity index (χ3n) is 3.69. The number of pyridine rings is 2. The molecule has 0 fully saturated rings. The Morgan fingerprint density at radius 3 is 2.54 bits per heavy atom. The van der Waals surface area contributed by atoms with Crippen LogP contribution in [0.25, 0.3) is 0 Å². The van der Waals surface area contributed by atoms with Crippen LogP contribution in [0.15, 0.2) is 36.7 Å². The van der Waals surface area contributed by atoms with Gasteiger partial charge in [-0.2, -0.15) is 5.26 Å². The Labute approximate surface area is 151 Å². The van der Waals surface area contributed by atoms with E-state index in [9.17, 15) is 9.59 Å². The number of nitriles is 1. The van der Waals surface area contributed by atoms with Crippen molar-refractivity contribution in [1.29, 1.82) is 5.26 Å². The van der Waals surface area contributed by atoms with E-state index >= 15 is 0 Å². The minimum Gasteiger partial charge on any atom is -0.357 e. The lowest BCUT2D eigenvalue weighted by molar-refractivity contribution is -0.136. The highest BCUT2D eigenvalue weighted by Gasteiger charge is 2.14. The SMILES string of the molecule is CCN(CC)c1ccc(CNC(=O)C(=O)Nc2cc(C#N)ccn2)cn1. The Hall–Kier alpha value is -3.47. The van der Waals surface area contributed by atoms with Gasteiger partial charge in [-0.3, -0.25) is 9.59 Å². The Bertz CT molecular complexity index is 809. The van der Waals surface area contributed by atoms with Crippen molar-refractivity contribution < 1.29 is 9.59 Å². The number of hydrogen-bond acceptors (Lipinski definition) is 6. The summed E-state index contributed by atoms with van der Waals surface area (Å²) in [5, 5.41) is 13.7. The maximum absolute atomic E-state index is 11.9. The summed E-state index contributed by atoms with van der Waals surface area (Å²) in [5.41, 5.74) is 1.13. The molecule has 0 saturated heterocycles. The Morgan fingerprint density at radius 1 is 1.15 bits per heavy atom. The van der Waals surface area contributed by atoms with E-state index < -0.39 is 11.8 Å². The van der Waals surface area contributed by atoms with Crippen LogP contribution in [0.1, 0.15) is 25.0 Å². The first kappa shape index (κ1) is 18.9. The smallest absolute Gasteiger partial charge is 0.314 e. The molecular weight excluding hydrogens is 332 g/mol. The molecule has 0 atom stereocenters. The molecule has 0 aromatic carbocycles. The summed E-state index contributed by atoms with van der Waals surface area (Å²) in [5.74, 6) is -0.622. The van der Waals surface area contributed by atoms with Crippen LogP contribution >= 0.6 is 0 Å². The molecule has 0 spiro atoms. The summed E-state index contributed by atoms with van der Waals surface area (Å²) in [6.07, 6.45) is 3.05. The van der Waals surface area contributed by atoms with E-state index in [0.29, 0.717) is 5.56 Å². The molecule has 0 aliphatic rings. The maximum Gasteiger partial charge on any atom is 0.314 e. The van der Waals surface area contributed by atoms with Crippen molar-refractivity contribution in [1.82, 2.24) is 15.3 Å². The molecule has 134 valence electrons. The first-order valence-electron chi connectivity index (χ1n) is 8.22. The largest absolute Gasteiger partial charge is 0.357 e. The Kier molecular flexibility index (Phi) is 6.62. The minimum absolute atomic E-state index is 0.148. The summed E-state index contributed by atoms with van der Waals surface area (Å²) >= 11 is 0. The van der Waals surface area contributed by atoms with Gasteiger partial charge >= 0.3 is 11.8 Å². The van der Waals surface area contributed by atoms with E-state index in [1.165, 1.54) is 18.3 Å². The average Bonchev–Trinajstić information content (AvgIpc) is 2.68. The van der Waals surface area contributed by atoms with Crippen LogP contribution in [0.3, 0.4) is 0 Å². The summed E-state index contributed by atoms with van der Waals surface area (Å²) in [4.78, 5) is 34.2. The zero-order chi connectivity index (χ0) is 18.9. The predicted octanol–water partition coefficient (Wildman–Crippen LogP) is 1.45. The standard InChI is InChI=1S/C18H20N6O2/c1-3-24(4-2)16-6-5-14(11-21-16)12-22-17(25)18(26)23-15-9-13(10-19)7-8-20-15/h5-9,11H,3-4,12H2,1-2H3,(H,22,25)(H,20,23,26).